The van der Waals surface area contributed by atoms with Crippen LogP contribution >= 0.6 is 0 Å². The van der Waals surface area contributed by atoms with Crippen molar-refractivity contribution in [1.82, 2.24) is 25.2 Å². The zero-order valence-electron chi connectivity index (χ0n) is 28.7. The van der Waals surface area contributed by atoms with Crippen LogP contribution in [0.5, 0.6) is 17.6 Å². The number of benzene rings is 2. The average molecular weight is 699 g/mol. The summed E-state index contributed by atoms with van der Waals surface area (Å²) in [5.41, 5.74) is -1.33. The maximum absolute atomic E-state index is 17.1. The topological polar surface area (TPSA) is 95.9 Å². The number of pyridine rings is 1. The number of fused-ring (bicyclic) bond motifs is 4. The van der Waals surface area contributed by atoms with E-state index in [2.05, 4.69) is 31.0 Å². The van der Waals surface area contributed by atoms with Gasteiger partial charge >= 0.3 is 6.01 Å². The molecule has 3 aliphatic heterocycles. The number of aromatic nitrogens is 3. The highest BCUT2D eigenvalue weighted by Crippen LogP contribution is 2.51. The van der Waals surface area contributed by atoms with Crippen LogP contribution in [0, 0.1) is 35.3 Å². The number of piperidine rings is 1. The summed E-state index contributed by atoms with van der Waals surface area (Å²) in [6.07, 6.45) is 12.9. The highest BCUT2D eigenvalue weighted by atomic mass is 19.1. The van der Waals surface area contributed by atoms with E-state index >= 15 is 8.78 Å². The van der Waals surface area contributed by atoms with E-state index in [0.717, 1.165) is 58.2 Å². The summed E-state index contributed by atoms with van der Waals surface area (Å²) in [5.74, 6) is 1.58. The van der Waals surface area contributed by atoms with Gasteiger partial charge in [0.15, 0.2) is 5.82 Å². The first kappa shape index (κ1) is 32.6. The molecule has 2 aromatic heterocycles. The molecule has 12 heteroatoms. The fraction of sp³-hybridized carbons (Fsp3) is 0.513. The van der Waals surface area contributed by atoms with Gasteiger partial charge in [0, 0.05) is 61.2 Å². The van der Waals surface area contributed by atoms with Crippen LogP contribution in [-0.4, -0.2) is 89.2 Å². The Balaban J connectivity index is 1.11. The molecule has 9 rings (SSSR count). The Morgan fingerprint density at radius 2 is 1.75 bits per heavy atom. The Bertz CT molecular complexity index is 2080. The first-order chi connectivity index (χ1) is 24.7. The summed E-state index contributed by atoms with van der Waals surface area (Å²) < 4.78 is 59.6. The van der Waals surface area contributed by atoms with E-state index in [1.807, 2.05) is 0 Å². The molecule has 2 saturated carbocycles. The second kappa shape index (κ2) is 12.1. The zero-order valence-corrected chi connectivity index (χ0v) is 28.7. The number of methoxy groups -OCH3 is 1. The summed E-state index contributed by atoms with van der Waals surface area (Å²) in [6.45, 7) is 3.96. The van der Waals surface area contributed by atoms with Gasteiger partial charge in [0.05, 0.1) is 19.3 Å². The smallest absolute Gasteiger partial charge is 0.319 e. The lowest BCUT2D eigenvalue weighted by Crippen LogP contribution is -2.51. The maximum Gasteiger partial charge on any atom is 0.319 e. The summed E-state index contributed by atoms with van der Waals surface area (Å²) in [6, 6.07) is 6.03. The Morgan fingerprint density at radius 1 is 1.00 bits per heavy atom. The highest BCUT2D eigenvalue weighted by Gasteiger charge is 2.50. The van der Waals surface area contributed by atoms with Crippen molar-refractivity contribution in [3.05, 3.63) is 41.5 Å². The standard InChI is InChI=1S/C39H41F3N6O3/c1-3-27-29(40)9-4-22-16-26(49)17-28(30(22)27)33-32(41)34-31(36(44-33)50-2)35(48-18-24-7-8-25(19-48)43-24)46-37(45-34)51-21-38(10-11-38)20-47-14-12-39(42,13-15-47)23-5-6-23/h1,4,9,16-17,23-25,43,49H,5-8,10-15,18-21H2,2H3. The maximum atomic E-state index is 17.1. The van der Waals surface area contributed by atoms with Gasteiger partial charge in [-0.2, -0.15) is 9.97 Å². The number of halogens is 3. The van der Waals surface area contributed by atoms with Crippen LogP contribution in [0.1, 0.15) is 56.9 Å². The average Bonchev–Trinajstić information content (AvgIpc) is 4.07. The minimum absolute atomic E-state index is 0.0408. The predicted octanol–water partition coefficient (Wildman–Crippen LogP) is 6.13. The van der Waals surface area contributed by atoms with Gasteiger partial charge in [0.2, 0.25) is 5.88 Å². The van der Waals surface area contributed by atoms with Crippen LogP contribution in [0.25, 0.3) is 32.9 Å². The quantitative estimate of drug-likeness (QED) is 0.200. The van der Waals surface area contributed by atoms with Crippen molar-refractivity contribution < 1.29 is 27.8 Å². The molecule has 0 radical (unpaired) electrons. The number of rotatable bonds is 9. The summed E-state index contributed by atoms with van der Waals surface area (Å²) in [4.78, 5) is 18.6. The molecule has 5 fully saturated rings. The third-order valence-electron chi connectivity index (χ3n) is 11.9. The lowest BCUT2D eigenvalue weighted by atomic mass is 9.88. The van der Waals surface area contributed by atoms with Crippen LogP contribution in [0.2, 0.25) is 0 Å². The molecule has 9 nitrogen and oxygen atoms in total. The number of nitrogens with zero attached hydrogens (tertiary/aromatic N) is 5. The molecule has 51 heavy (non-hydrogen) atoms. The van der Waals surface area contributed by atoms with Crippen molar-refractivity contribution in [3.63, 3.8) is 0 Å². The van der Waals surface area contributed by atoms with Crippen molar-refractivity contribution >= 4 is 27.5 Å². The van der Waals surface area contributed by atoms with Gasteiger partial charge in [-0.15, -0.1) is 6.42 Å². The Labute approximate surface area is 294 Å². The molecule has 2 aliphatic carbocycles. The van der Waals surface area contributed by atoms with Crippen LogP contribution in [0.4, 0.5) is 19.0 Å². The Kier molecular flexibility index (Phi) is 7.74. The van der Waals surface area contributed by atoms with Gasteiger partial charge in [-0.25, -0.2) is 18.2 Å². The second-order valence-electron chi connectivity index (χ2n) is 15.4. The summed E-state index contributed by atoms with van der Waals surface area (Å²) in [5, 5.41) is 15.3. The number of phenolic OH excluding ortho intramolecular Hbond substituents is 1. The largest absolute Gasteiger partial charge is 0.508 e. The molecule has 5 aliphatic rings. The SMILES string of the molecule is C#Cc1c(F)ccc2cc(O)cc(-c3nc(OC)c4c(N5CC6CCC(C5)N6)nc(OCC5(CN6CCC(F)(C7CC7)CC6)CC5)nc4c3F)c12. The Morgan fingerprint density at radius 3 is 2.41 bits per heavy atom. The minimum atomic E-state index is -1.01. The summed E-state index contributed by atoms with van der Waals surface area (Å²) >= 11 is 0. The van der Waals surface area contributed by atoms with E-state index in [1.165, 1.54) is 31.4 Å². The van der Waals surface area contributed by atoms with Crippen LogP contribution in [0.3, 0.4) is 0 Å². The number of ether oxygens (including phenoxy) is 2. The van der Waals surface area contributed by atoms with Crippen LogP contribution in [0.15, 0.2) is 24.3 Å². The number of terminal acetylenes is 1. The zero-order chi connectivity index (χ0) is 35.1. The van der Waals surface area contributed by atoms with Crippen molar-refractivity contribution in [1.29, 1.82) is 0 Å². The van der Waals surface area contributed by atoms with Crippen LogP contribution < -0.4 is 19.7 Å². The van der Waals surface area contributed by atoms with E-state index in [-0.39, 0.29) is 68.8 Å². The molecule has 5 heterocycles. The molecule has 2 N–H and O–H groups in total. The number of nitrogens with one attached hydrogen (secondary N) is 1. The molecule has 0 amide bonds. The van der Waals surface area contributed by atoms with Gasteiger partial charge in [0.25, 0.3) is 0 Å². The fourth-order valence-electron chi connectivity index (χ4n) is 8.75. The van der Waals surface area contributed by atoms with E-state index in [0.29, 0.717) is 49.1 Å². The van der Waals surface area contributed by atoms with Gasteiger partial charge in [-0.1, -0.05) is 12.0 Å². The van der Waals surface area contributed by atoms with E-state index in [9.17, 15) is 9.50 Å². The van der Waals surface area contributed by atoms with Crippen molar-refractivity contribution in [2.75, 3.05) is 51.3 Å². The third kappa shape index (κ3) is 5.78. The number of hydrogen-bond donors (Lipinski definition) is 2. The number of likely N-dealkylation sites (tertiary alicyclic amines) is 1. The van der Waals surface area contributed by atoms with E-state index < -0.39 is 17.3 Å². The molecular formula is C39H41F3N6O3. The number of piperazine rings is 1. The normalized spacial score (nSPS) is 23.8. The number of phenols is 1. The molecule has 2 bridgehead atoms. The molecule has 3 saturated heterocycles. The molecule has 2 atom stereocenters. The lowest BCUT2D eigenvalue weighted by Gasteiger charge is -2.38. The van der Waals surface area contributed by atoms with Gasteiger partial charge in [-0.3, -0.25) is 0 Å². The number of hydrogen-bond acceptors (Lipinski definition) is 9. The summed E-state index contributed by atoms with van der Waals surface area (Å²) in [7, 11) is 1.45. The lowest BCUT2D eigenvalue weighted by molar-refractivity contribution is 0.0273. The van der Waals surface area contributed by atoms with E-state index in [1.54, 1.807) is 0 Å². The van der Waals surface area contributed by atoms with Crippen molar-refractivity contribution in [2.45, 2.75) is 69.1 Å². The fourth-order valence-corrected chi connectivity index (χ4v) is 8.75. The molecular weight excluding hydrogens is 657 g/mol. The number of aromatic hydroxyl groups is 1. The van der Waals surface area contributed by atoms with Crippen molar-refractivity contribution in [3.8, 4) is 41.2 Å². The first-order valence-corrected chi connectivity index (χ1v) is 18.1. The first-order valence-electron chi connectivity index (χ1n) is 18.1. The molecule has 0 spiro atoms. The minimum Gasteiger partial charge on any atom is -0.508 e. The van der Waals surface area contributed by atoms with Gasteiger partial charge in [-0.05, 0) is 80.9 Å². The predicted molar refractivity (Wildman–Crippen MR) is 188 cm³/mol. The van der Waals surface area contributed by atoms with Crippen molar-refractivity contribution in [2.24, 2.45) is 11.3 Å². The molecule has 2 aromatic carbocycles. The highest BCUT2D eigenvalue weighted by molar-refractivity contribution is 6.04. The molecule has 266 valence electrons. The second-order valence-corrected chi connectivity index (χ2v) is 15.4. The van der Waals surface area contributed by atoms with Crippen LogP contribution in [-0.2, 0) is 0 Å². The van der Waals surface area contributed by atoms with E-state index in [4.69, 9.17) is 20.9 Å². The third-order valence-corrected chi connectivity index (χ3v) is 11.9. The number of alkyl halides is 1. The van der Waals surface area contributed by atoms with Gasteiger partial charge in [0.1, 0.15) is 39.7 Å². The van der Waals surface area contributed by atoms with Gasteiger partial charge < -0.3 is 29.7 Å². The number of anilines is 1. The molecule has 4 aromatic rings. The Hall–Kier alpha value is -4.34. The monoisotopic (exact) mass is 698 g/mol. The molecule has 2 unspecified atom stereocenters.